The van der Waals surface area contributed by atoms with Gasteiger partial charge in [-0.15, -0.1) is 0 Å². The Kier molecular flexibility index (Phi) is 2.67. The summed E-state index contributed by atoms with van der Waals surface area (Å²) < 4.78 is 2.01. The molecular weight excluding hydrogens is 260 g/mol. The molecule has 0 bridgehead atoms. The lowest BCUT2D eigenvalue weighted by molar-refractivity contribution is 0.0983. The van der Waals surface area contributed by atoms with Crippen molar-refractivity contribution in [1.82, 2.24) is 9.78 Å². The van der Waals surface area contributed by atoms with Gasteiger partial charge in [0.2, 0.25) is 0 Å². The lowest BCUT2D eigenvalue weighted by Crippen LogP contribution is -2.02. The Labute approximate surface area is 123 Å². The maximum Gasteiger partial charge on any atom is 0.163 e. The van der Waals surface area contributed by atoms with Crippen LogP contribution in [0.4, 0.5) is 0 Å². The van der Waals surface area contributed by atoms with Gasteiger partial charge in [0.1, 0.15) is 0 Å². The first kappa shape index (κ1) is 12.3. The summed E-state index contributed by atoms with van der Waals surface area (Å²) >= 11 is 0. The van der Waals surface area contributed by atoms with E-state index in [0.29, 0.717) is 6.42 Å². The van der Waals surface area contributed by atoms with Crippen LogP contribution in [0.3, 0.4) is 0 Å². The highest BCUT2D eigenvalue weighted by atomic mass is 16.1. The lowest BCUT2D eigenvalue weighted by atomic mass is 10.0. The van der Waals surface area contributed by atoms with Gasteiger partial charge in [0, 0.05) is 17.4 Å². The summed E-state index contributed by atoms with van der Waals surface area (Å²) in [5.41, 5.74) is 5.20. The number of carbonyl (C=O) groups excluding carboxylic acids is 1. The molecule has 0 spiro atoms. The molecule has 1 aliphatic rings. The zero-order valence-corrected chi connectivity index (χ0v) is 12.0. The van der Waals surface area contributed by atoms with Crippen molar-refractivity contribution in [2.75, 3.05) is 0 Å². The third kappa shape index (κ3) is 1.88. The van der Waals surface area contributed by atoms with E-state index < -0.39 is 0 Å². The standard InChI is InChI=1S/C18H16N2O/c1-12-8-10-13(11-9-12)20-16-6-3-7-17(21)14-4-2-5-15(19-20)18(14)16/h2,4-5,8-11H,3,6-7H2,1H3. The Balaban J connectivity index is 2.02. The van der Waals surface area contributed by atoms with Crippen molar-refractivity contribution in [1.29, 1.82) is 0 Å². The van der Waals surface area contributed by atoms with E-state index in [9.17, 15) is 4.79 Å². The molecule has 0 atom stereocenters. The maximum atomic E-state index is 12.2. The summed E-state index contributed by atoms with van der Waals surface area (Å²) in [6.07, 6.45) is 2.41. The fourth-order valence-electron chi connectivity index (χ4n) is 3.11. The fraction of sp³-hybridized carbons (Fsp3) is 0.222. The van der Waals surface area contributed by atoms with Crippen molar-refractivity contribution >= 4 is 16.7 Å². The van der Waals surface area contributed by atoms with Crippen LogP contribution in [0.1, 0.15) is 34.5 Å². The molecule has 0 radical (unpaired) electrons. The fourth-order valence-corrected chi connectivity index (χ4v) is 3.11. The molecule has 2 aromatic carbocycles. The number of nitrogens with zero attached hydrogens (tertiary/aromatic N) is 2. The maximum absolute atomic E-state index is 12.2. The molecule has 3 heteroatoms. The first-order chi connectivity index (χ1) is 10.2. The molecule has 0 saturated carbocycles. The minimum absolute atomic E-state index is 0.239. The number of hydrogen-bond acceptors (Lipinski definition) is 2. The highest BCUT2D eigenvalue weighted by Crippen LogP contribution is 2.30. The molecule has 0 fully saturated rings. The molecule has 1 aromatic heterocycles. The number of Topliss-reactive ketones (excluding diaryl/α,β-unsaturated/α-hetero) is 1. The van der Waals surface area contributed by atoms with Crippen LogP contribution in [0.25, 0.3) is 16.6 Å². The van der Waals surface area contributed by atoms with Gasteiger partial charge in [0.05, 0.1) is 16.9 Å². The van der Waals surface area contributed by atoms with E-state index in [1.807, 2.05) is 22.9 Å². The van der Waals surface area contributed by atoms with Crippen molar-refractivity contribution < 1.29 is 4.79 Å². The highest BCUT2D eigenvalue weighted by Gasteiger charge is 2.22. The van der Waals surface area contributed by atoms with E-state index in [1.165, 1.54) is 5.56 Å². The van der Waals surface area contributed by atoms with Crippen LogP contribution in [0.15, 0.2) is 42.5 Å². The van der Waals surface area contributed by atoms with E-state index in [-0.39, 0.29) is 5.78 Å². The predicted molar refractivity (Wildman–Crippen MR) is 83.1 cm³/mol. The second-order valence-corrected chi connectivity index (χ2v) is 5.67. The van der Waals surface area contributed by atoms with Crippen molar-refractivity contribution in [2.24, 2.45) is 0 Å². The number of hydrogen-bond donors (Lipinski definition) is 0. The Morgan fingerprint density at radius 2 is 1.86 bits per heavy atom. The van der Waals surface area contributed by atoms with Gasteiger partial charge in [0.15, 0.2) is 5.78 Å². The quantitative estimate of drug-likeness (QED) is 0.676. The van der Waals surface area contributed by atoms with Gasteiger partial charge < -0.3 is 0 Å². The van der Waals surface area contributed by atoms with Gasteiger partial charge >= 0.3 is 0 Å². The number of aryl methyl sites for hydroxylation is 2. The SMILES string of the molecule is Cc1ccc(-n2nc3cccc4c3c2CCCC4=O)cc1. The molecule has 0 N–H and O–H groups in total. The minimum Gasteiger partial charge on any atom is -0.294 e. The number of aromatic nitrogens is 2. The molecule has 4 rings (SSSR count). The molecule has 21 heavy (non-hydrogen) atoms. The topological polar surface area (TPSA) is 34.9 Å². The molecule has 0 aliphatic heterocycles. The number of benzene rings is 2. The third-order valence-electron chi connectivity index (χ3n) is 4.19. The van der Waals surface area contributed by atoms with Gasteiger partial charge in [-0.3, -0.25) is 4.79 Å². The smallest absolute Gasteiger partial charge is 0.163 e. The Hall–Kier alpha value is -2.42. The van der Waals surface area contributed by atoms with Gasteiger partial charge in [-0.25, -0.2) is 4.68 Å². The number of carbonyl (C=O) groups is 1. The first-order valence-corrected chi connectivity index (χ1v) is 7.35. The van der Waals surface area contributed by atoms with E-state index >= 15 is 0 Å². The van der Waals surface area contributed by atoms with E-state index in [0.717, 1.165) is 40.7 Å². The average molecular weight is 276 g/mol. The van der Waals surface area contributed by atoms with Crippen molar-refractivity contribution in [2.45, 2.75) is 26.2 Å². The van der Waals surface area contributed by atoms with Crippen LogP contribution in [0.2, 0.25) is 0 Å². The first-order valence-electron chi connectivity index (χ1n) is 7.35. The van der Waals surface area contributed by atoms with E-state index in [4.69, 9.17) is 5.10 Å². The Morgan fingerprint density at radius 1 is 1.05 bits per heavy atom. The van der Waals surface area contributed by atoms with E-state index in [1.54, 1.807) is 0 Å². The van der Waals surface area contributed by atoms with Crippen LogP contribution in [0, 0.1) is 6.92 Å². The Morgan fingerprint density at radius 3 is 2.67 bits per heavy atom. The average Bonchev–Trinajstić information content (AvgIpc) is 2.77. The van der Waals surface area contributed by atoms with Gasteiger partial charge in [-0.05, 0) is 38.0 Å². The lowest BCUT2D eigenvalue weighted by Gasteiger charge is -2.07. The Bertz CT molecular complexity index is 844. The summed E-state index contributed by atoms with van der Waals surface area (Å²) in [4.78, 5) is 12.2. The molecule has 1 heterocycles. The number of ketones is 1. The molecule has 0 amide bonds. The summed E-state index contributed by atoms with van der Waals surface area (Å²) in [5, 5.41) is 5.77. The zero-order valence-electron chi connectivity index (χ0n) is 12.0. The number of rotatable bonds is 1. The van der Waals surface area contributed by atoms with Crippen molar-refractivity contribution in [3.63, 3.8) is 0 Å². The normalized spacial score (nSPS) is 14.4. The van der Waals surface area contributed by atoms with Crippen LogP contribution in [-0.2, 0) is 6.42 Å². The molecular formula is C18H16N2O. The largest absolute Gasteiger partial charge is 0.294 e. The molecule has 3 nitrogen and oxygen atoms in total. The minimum atomic E-state index is 0.239. The van der Waals surface area contributed by atoms with Gasteiger partial charge in [-0.2, -0.15) is 5.10 Å². The van der Waals surface area contributed by atoms with E-state index in [2.05, 4.69) is 31.2 Å². The van der Waals surface area contributed by atoms with Gasteiger partial charge in [0.25, 0.3) is 0 Å². The van der Waals surface area contributed by atoms with Crippen LogP contribution in [0.5, 0.6) is 0 Å². The summed E-state index contributed by atoms with van der Waals surface area (Å²) in [6, 6.07) is 14.2. The molecule has 1 aliphatic carbocycles. The summed E-state index contributed by atoms with van der Waals surface area (Å²) in [6.45, 7) is 2.08. The summed E-state index contributed by atoms with van der Waals surface area (Å²) in [7, 11) is 0. The monoisotopic (exact) mass is 276 g/mol. The van der Waals surface area contributed by atoms with Crippen LogP contribution in [-0.4, -0.2) is 15.6 Å². The molecule has 0 saturated heterocycles. The molecule has 104 valence electrons. The predicted octanol–water partition coefficient (Wildman–Crippen LogP) is 3.85. The van der Waals surface area contributed by atoms with Crippen LogP contribution < -0.4 is 0 Å². The van der Waals surface area contributed by atoms with Gasteiger partial charge in [-0.1, -0.05) is 29.8 Å². The second kappa shape index (κ2) is 4.55. The highest BCUT2D eigenvalue weighted by molar-refractivity contribution is 6.09. The molecule has 3 aromatic rings. The summed E-state index contributed by atoms with van der Waals surface area (Å²) in [5.74, 6) is 0.239. The second-order valence-electron chi connectivity index (χ2n) is 5.67. The third-order valence-corrected chi connectivity index (χ3v) is 4.19. The van der Waals surface area contributed by atoms with Crippen molar-refractivity contribution in [3.05, 3.63) is 59.3 Å². The zero-order chi connectivity index (χ0) is 14.4. The van der Waals surface area contributed by atoms with Crippen molar-refractivity contribution in [3.8, 4) is 5.69 Å². The van der Waals surface area contributed by atoms with Crippen LogP contribution >= 0.6 is 0 Å². The molecule has 0 unspecified atom stereocenters.